The molecule has 1 atom stereocenters. The maximum atomic E-state index is 9.04. The van der Waals surface area contributed by atoms with Crippen molar-refractivity contribution in [1.82, 2.24) is 0 Å². The summed E-state index contributed by atoms with van der Waals surface area (Å²) in [5.41, 5.74) is 8.24. The lowest BCUT2D eigenvalue weighted by Gasteiger charge is -2.17. The van der Waals surface area contributed by atoms with Gasteiger partial charge in [0, 0.05) is 26.7 Å². The standard InChI is InChI=1S/C12H17N3O/c1-15(2)12-4-3-9(7-10(12)8-13)11(14)5-6-16/h3-4,7,11,16H,5-6,14H2,1-2H3. The van der Waals surface area contributed by atoms with E-state index in [9.17, 15) is 0 Å². The van der Waals surface area contributed by atoms with Crippen LogP contribution in [0.25, 0.3) is 0 Å². The van der Waals surface area contributed by atoms with Gasteiger partial charge in [0.05, 0.1) is 11.3 Å². The van der Waals surface area contributed by atoms with Crippen molar-refractivity contribution < 1.29 is 5.11 Å². The van der Waals surface area contributed by atoms with Crippen LogP contribution in [-0.2, 0) is 0 Å². The topological polar surface area (TPSA) is 73.3 Å². The van der Waals surface area contributed by atoms with E-state index in [0.29, 0.717) is 12.0 Å². The Balaban J connectivity index is 3.05. The molecule has 86 valence electrons. The molecule has 0 aliphatic heterocycles. The molecular formula is C12H17N3O. The molecule has 0 bridgehead atoms. The van der Waals surface area contributed by atoms with Crippen LogP contribution >= 0.6 is 0 Å². The maximum Gasteiger partial charge on any atom is 0.101 e. The van der Waals surface area contributed by atoms with Crippen LogP contribution in [-0.4, -0.2) is 25.8 Å². The first kappa shape index (κ1) is 12.5. The largest absolute Gasteiger partial charge is 0.396 e. The molecule has 4 heteroatoms. The Kier molecular flexibility index (Phi) is 4.29. The van der Waals surface area contributed by atoms with Crippen molar-refractivity contribution in [1.29, 1.82) is 5.26 Å². The molecule has 1 aromatic rings. The molecule has 3 N–H and O–H groups in total. The van der Waals surface area contributed by atoms with E-state index in [-0.39, 0.29) is 12.6 Å². The Morgan fingerprint density at radius 2 is 2.19 bits per heavy atom. The van der Waals surface area contributed by atoms with Crippen molar-refractivity contribution in [3.05, 3.63) is 29.3 Å². The quantitative estimate of drug-likeness (QED) is 0.792. The molecule has 0 saturated carbocycles. The van der Waals surface area contributed by atoms with E-state index in [1.54, 1.807) is 6.07 Å². The Hall–Kier alpha value is -1.57. The monoisotopic (exact) mass is 219 g/mol. The molecule has 0 aliphatic carbocycles. The van der Waals surface area contributed by atoms with Gasteiger partial charge in [-0.3, -0.25) is 0 Å². The molecule has 0 amide bonds. The fourth-order valence-electron chi connectivity index (χ4n) is 1.57. The molecule has 4 nitrogen and oxygen atoms in total. The zero-order valence-electron chi connectivity index (χ0n) is 9.64. The van der Waals surface area contributed by atoms with Gasteiger partial charge in [0.1, 0.15) is 6.07 Å². The van der Waals surface area contributed by atoms with Crippen LogP contribution in [0.15, 0.2) is 18.2 Å². The Labute approximate surface area is 95.9 Å². The van der Waals surface area contributed by atoms with Crippen LogP contribution < -0.4 is 10.6 Å². The minimum atomic E-state index is -0.215. The lowest BCUT2D eigenvalue weighted by atomic mass is 10.0. The smallest absolute Gasteiger partial charge is 0.101 e. The zero-order chi connectivity index (χ0) is 12.1. The van der Waals surface area contributed by atoms with Gasteiger partial charge in [0.15, 0.2) is 0 Å². The number of anilines is 1. The molecule has 1 rings (SSSR count). The van der Waals surface area contributed by atoms with E-state index >= 15 is 0 Å². The molecular weight excluding hydrogens is 202 g/mol. The van der Waals surface area contributed by atoms with Gasteiger partial charge >= 0.3 is 0 Å². The third-order valence-electron chi connectivity index (χ3n) is 2.49. The van der Waals surface area contributed by atoms with Crippen LogP contribution in [0, 0.1) is 11.3 Å². The SMILES string of the molecule is CN(C)c1ccc(C(N)CCO)cc1C#N. The first-order valence-corrected chi connectivity index (χ1v) is 5.18. The number of aliphatic hydroxyl groups excluding tert-OH is 1. The number of aliphatic hydroxyl groups is 1. The van der Waals surface area contributed by atoms with Crippen LogP contribution in [0.2, 0.25) is 0 Å². The number of nitrogens with two attached hydrogens (primary N) is 1. The third kappa shape index (κ3) is 2.72. The summed E-state index contributed by atoms with van der Waals surface area (Å²) in [6.07, 6.45) is 0.506. The Morgan fingerprint density at radius 3 is 2.69 bits per heavy atom. The van der Waals surface area contributed by atoms with Crippen molar-refractivity contribution in [2.24, 2.45) is 5.73 Å². The number of nitrogens with zero attached hydrogens (tertiary/aromatic N) is 2. The normalized spacial score (nSPS) is 11.9. The molecule has 0 fully saturated rings. The number of hydrogen-bond donors (Lipinski definition) is 2. The molecule has 1 aromatic carbocycles. The average Bonchev–Trinajstić information content (AvgIpc) is 2.28. The van der Waals surface area contributed by atoms with Crippen molar-refractivity contribution in [2.45, 2.75) is 12.5 Å². The second kappa shape index (κ2) is 5.50. The Morgan fingerprint density at radius 1 is 1.50 bits per heavy atom. The maximum absolute atomic E-state index is 9.04. The van der Waals surface area contributed by atoms with Gasteiger partial charge in [-0.05, 0) is 24.1 Å². The van der Waals surface area contributed by atoms with Gasteiger partial charge in [0.2, 0.25) is 0 Å². The highest BCUT2D eigenvalue weighted by atomic mass is 16.3. The fourth-order valence-corrected chi connectivity index (χ4v) is 1.57. The van der Waals surface area contributed by atoms with Gasteiger partial charge < -0.3 is 15.7 Å². The van der Waals surface area contributed by atoms with E-state index in [1.165, 1.54) is 0 Å². The minimum absolute atomic E-state index is 0.0541. The predicted octanol–water partition coefficient (Wildman–Crippen LogP) is 1.01. The van der Waals surface area contributed by atoms with Crippen molar-refractivity contribution in [2.75, 3.05) is 25.6 Å². The zero-order valence-corrected chi connectivity index (χ0v) is 9.64. The van der Waals surface area contributed by atoms with Gasteiger partial charge in [-0.1, -0.05) is 6.07 Å². The molecule has 0 saturated heterocycles. The summed E-state index contributed by atoms with van der Waals surface area (Å²) in [6, 6.07) is 7.51. The molecule has 0 aliphatic rings. The third-order valence-corrected chi connectivity index (χ3v) is 2.49. The molecule has 0 radical (unpaired) electrons. The van der Waals surface area contributed by atoms with Crippen molar-refractivity contribution in [3.8, 4) is 6.07 Å². The highest BCUT2D eigenvalue weighted by Gasteiger charge is 2.10. The number of nitriles is 1. The van der Waals surface area contributed by atoms with E-state index < -0.39 is 0 Å². The van der Waals surface area contributed by atoms with Gasteiger partial charge in [-0.25, -0.2) is 0 Å². The van der Waals surface area contributed by atoms with E-state index in [2.05, 4.69) is 6.07 Å². The summed E-state index contributed by atoms with van der Waals surface area (Å²) in [6.45, 7) is 0.0541. The van der Waals surface area contributed by atoms with Crippen LogP contribution in [0.5, 0.6) is 0 Å². The second-order valence-electron chi connectivity index (χ2n) is 3.90. The molecule has 0 spiro atoms. The van der Waals surface area contributed by atoms with Gasteiger partial charge in [-0.15, -0.1) is 0 Å². The number of rotatable bonds is 4. The van der Waals surface area contributed by atoms with Crippen LogP contribution in [0.3, 0.4) is 0 Å². The second-order valence-corrected chi connectivity index (χ2v) is 3.90. The lowest BCUT2D eigenvalue weighted by Crippen LogP contribution is -2.14. The predicted molar refractivity (Wildman–Crippen MR) is 64.1 cm³/mol. The van der Waals surface area contributed by atoms with E-state index in [1.807, 2.05) is 31.1 Å². The average molecular weight is 219 g/mol. The Bertz CT molecular complexity index is 396. The molecule has 0 heterocycles. The first-order chi connectivity index (χ1) is 7.60. The fraction of sp³-hybridized carbons (Fsp3) is 0.417. The van der Waals surface area contributed by atoms with Crippen molar-refractivity contribution in [3.63, 3.8) is 0 Å². The van der Waals surface area contributed by atoms with Gasteiger partial charge in [-0.2, -0.15) is 5.26 Å². The highest BCUT2D eigenvalue weighted by molar-refractivity contribution is 5.59. The summed E-state index contributed by atoms with van der Waals surface area (Å²) in [4.78, 5) is 1.89. The van der Waals surface area contributed by atoms with Crippen LogP contribution in [0.1, 0.15) is 23.6 Å². The van der Waals surface area contributed by atoms with E-state index in [4.69, 9.17) is 16.1 Å². The lowest BCUT2D eigenvalue weighted by molar-refractivity contribution is 0.276. The minimum Gasteiger partial charge on any atom is -0.396 e. The van der Waals surface area contributed by atoms with Crippen LogP contribution in [0.4, 0.5) is 5.69 Å². The summed E-state index contributed by atoms with van der Waals surface area (Å²) in [7, 11) is 3.78. The summed E-state index contributed by atoms with van der Waals surface area (Å²) >= 11 is 0. The summed E-state index contributed by atoms with van der Waals surface area (Å²) in [5.74, 6) is 0. The summed E-state index contributed by atoms with van der Waals surface area (Å²) < 4.78 is 0. The highest BCUT2D eigenvalue weighted by Crippen LogP contribution is 2.23. The van der Waals surface area contributed by atoms with Gasteiger partial charge in [0.25, 0.3) is 0 Å². The summed E-state index contributed by atoms with van der Waals surface area (Å²) in [5, 5.41) is 17.9. The molecule has 1 unspecified atom stereocenters. The van der Waals surface area contributed by atoms with Crippen molar-refractivity contribution >= 4 is 5.69 Å². The molecule has 0 aromatic heterocycles. The molecule has 16 heavy (non-hydrogen) atoms. The number of benzene rings is 1. The first-order valence-electron chi connectivity index (χ1n) is 5.18. The number of hydrogen-bond acceptors (Lipinski definition) is 4. The van der Waals surface area contributed by atoms with E-state index in [0.717, 1.165) is 11.3 Å².